The Hall–Kier alpha value is -1.95. The summed E-state index contributed by atoms with van der Waals surface area (Å²) in [4.78, 5) is 27.5. The van der Waals surface area contributed by atoms with Gasteiger partial charge in [-0.2, -0.15) is 0 Å². The SMILES string of the molecule is CCCCc1ncc(C=O)n1Cc1csc(C(=O)OC)c1. The molecule has 0 aliphatic carbocycles. The van der Waals surface area contributed by atoms with Crippen molar-refractivity contribution in [2.75, 3.05) is 7.11 Å². The molecule has 2 heterocycles. The molecule has 0 bridgehead atoms. The maximum absolute atomic E-state index is 11.5. The van der Waals surface area contributed by atoms with Crippen molar-refractivity contribution < 1.29 is 14.3 Å². The standard InChI is InChI=1S/C15H18N2O3S/c1-3-4-5-14-16-7-12(9-18)17(14)8-11-6-13(21-10-11)15(19)20-2/h6-7,9-10H,3-5,8H2,1-2H3. The van der Waals surface area contributed by atoms with Crippen LogP contribution >= 0.6 is 11.3 Å². The number of ether oxygens (including phenoxy) is 1. The molecule has 6 heteroatoms. The highest BCUT2D eigenvalue weighted by atomic mass is 32.1. The molecule has 0 spiro atoms. The third-order valence-corrected chi connectivity index (χ3v) is 4.18. The van der Waals surface area contributed by atoms with Crippen LogP contribution in [-0.4, -0.2) is 28.9 Å². The first-order valence-electron chi connectivity index (χ1n) is 6.84. The summed E-state index contributed by atoms with van der Waals surface area (Å²) in [6.07, 6.45) is 5.38. The van der Waals surface area contributed by atoms with E-state index in [9.17, 15) is 9.59 Å². The Morgan fingerprint density at radius 3 is 3.00 bits per heavy atom. The van der Waals surface area contributed by atoms with Gasteiger partial charge in [0.25, 0.3) is 0 Å². The van der Waals surface area contributed by atoms with E-state index in [4.69, 9.17) is 4.74 Å². The Morgan fingerprint density at radius 1 is 1.52 bits per heavy atom. The van der Waals surface area contributed by atoms with E-state index in [1.54, 1.807) is 12.3 Å². The molecule has 0 saturated carbocycles. The number of carbonyl (C=O) groups excluding carboxylic acids is 2. The second kappa shape index (κ2) is 7.17. The van der Waals surface area contributed by atoms with Gasteiger partial charge in [0.1, 0.15) is 16.4 Å². The zero-order chi connectivity index (χ0) is 15.2. The number of rotatable bonds is 7. The number of methoxy groups -OCH3 is 1. The lowest BCUT2D eigenvalue weighted by atomic mass is 10.2. The van der Waals surface area contributed by atoms with Crippen molar-refractivity contribution in [3.05, 3.63) is 39.6 Å². The molecule has 0 amide bonds. The van der Waals surface area contributed by atoms with Crippen molar-refractivity contribution in [2.45, 2.75) is 32.7 Å². The van der Waals surface area contributed by atoms with Crippen molar-refractivity contribution in [2.24, 2.45) is 0 Å². The Labute approximate surface area is 127 Å². The van der Waals surface area contributed by atoms with Crippen LogP contribution in [0, 0.1) is 0 Å². The van der Waals surface area contributed by atoms with Gasteiger partial charge in [-0.1, -0.05) is 13.3 Å². The first-order valence-corrected chi connectivity index (χ1v) is 7.72. The minimum Gasteiger partial charge on any atom is -0.465 e. The molecule has 0 aromatic carbocycles. The molecule has 0 aliphatic heterocycles. The van der Waals surface area contributed by atoms with Crippen LogP contribution in [0.4, 0.5) is 0 Å². The summed E-state index contributed by atoms with van der Waals surface area (Å²) in [5, 5.41) is 1.91. The van der Waals surface area contributed by atoms with Gasteiger partial charge in [0.05, 0.1) is 19.9 Å². The highest BCUT2D eigenvalue weighted by molar-refractivity contribution is 7.12. The lowest BCUT2D eigenvalue weighted by Crippen LogP contribution is -2.08. The quantitative estimate of drug-likeness (QED) is 0.583. The first kappa shape index (κ1) is 15.4. The summed E-state index contributed by atoms with van der Waals surface area (Å²) in [7, 11) is 1.37. The fourth-order valence-corrected chi connectivity index (χ4v) is 2.91. The van der Waals surface area contributed by atoms with Gasteiger partial charge in [-0.05, 0) is 23.4 Å². The van der Waals surface area contributed by atoms with Crippen molar-refractivity contribution in [1.82, 2.24) is 9.55 Å². The number of esters is 1. The number of unbranched alkanes of at least 4 members (excludes halogenated alkanes) is 1. The molecule has 0 aliphatic rings. The molecular formula is C15H18N2O3S. The van der Waals surface area contributed by atoms with E-state index in [-0.39, 0.29) is 5.97 Å². The molecule has 21 heavy (non-hydrogen) atoms. The molecule has 2 aromatic rings. The predicted molar refractivity (Wildman–Crippen MR) is 81.0 cm³/mol. The summed E-state index contributed by atoms with van der Waals surface area (Å²) >= 11 is 1.34. The molecule has 0 saturated heterocycles. The van der Waals surface area contributed by atoms with E-state index < -0.39 is 0 Å². The summed E-state index contributed by atoms with van der Waals surface area (Å²) in [5.41, 5.74) is 1.53. The van der Waals surface area contributed by atoms with Gasteiger partial charge in [-0.25, -0.2) is 9.78 Å². The normalized spacial score (nSPS) is 10.6. The maximum Gasteiger partial charge on any atom is 0.348 e. The third kappa shape index (κ3) is 3.58. The average molecular weight is 306 g/mol. The van der Waals surface area contributed by atoms with Gasteiger partial charge in [0.15, 0.2) is 6.29 Å². The fourth-order valence-electron chi connectivity index (χ4n) is 2.09. The number of aryl methyl sites for hydroxylation is 1. The van der Waals surface area contributed by atoms with Gasteiger partial charge in [0, 0.05) is 6.42 Å². The van der Waals surface area contributed by atoms with Crippen molar-refractivity contribution in [3.63, 3.8) is 0 Å². The van der Waals surface area contributed by atoms with Crippen LogP contribution in [0.25, 0.3) is 0 Å². The topological polar surface area (TPSA) is 61.2 Å². The average Bonchev–Trinajstić information content (AvgIpc) is 3.12. The molecule has 112 valence electrons. The predicted octanol–water partition coefficient (Wildman–Crippen LogP) is 2.93. The summed E-state index contributed by atoms with van der Waals surface area (Å²) in [6, 6.07) is 1.80. The third-order valence-electron chi connectivity index (χ3n) is 3.22. The Balaban J connectivity index is 2.21. The van der Waals surface area contributed by atoms with Crippen LogP contribution in [0.5, 0.6) is 0 Å². The molecular weight excluding hydrogens is 288 g/mol. The Morgan fingerprint density at radius 2 is 2.33 bits per heavy atom. The summed E-state index contributed by atoms with van der Waals surface area (Å²) < 4.78 is 6.61. The van der Waals surface area contributed by atoms with E-state index in [2.05, 4.69) is 11.9 Å². The highest BCUT2D eigenvalue weighted by Gasteiger charge is 2.13. The molecule has 2 aromatic heterocycles. The van der Waals surface area contributed by atoms with E-state index in [0.29, 0.717) is 17.1 Å². The van der Waals surface area contributed by atoms with Crippen LogP contribution in [-0.2, 0) is 17.7 Å². The number of aromatic nitrogens is 2. The van der Waals surface area contributed by atoms with E-state index in [0.717, 1.165) is 36.9 Å². The molecule has 0 radical (unpaired) electrons. The number of hydrogen-bond acceptors (Lipinski definition) is 5. The molecule has 0 unspecified atom stereocenters. The minimum atomic E-state index is -0.335. The lowest BCUT2D eigenvalue weighted by molar-refractivity contribution is 0.0606. The van der Waals surface area contributed by atoms with Gasteiger partial charge in [-0.3, -0.25) is 4.79 Å². The molecule has 0 fully saturated rings. The second-order valence-electron chi connectivity index (χ2n) is 4.72. The van der Waals surface area contributed by atoms with Crippen molar-refractivity contribution >= 4 is 23.6 Å². The number of nitrogens with zero attached hydrogens (tertiary/aromatic N) is 2. The number of hydrogen-bond donors (Lipinski definition) is 0. The van der Waals surface area contributed by atoms with E-state index in [1.165, 1.54) is 18.4 Å². The maximum atomic E-state index is 11.5. The summed E-state index contributed by atoms with van der Waals surface area (Å²) in [5.74, 6) is 0.573. The van der Waals surface area contributed by atoms with Crippen LogP contribution in [0.3, 0.4) is 0 Å². The number of carbonyl (C=O) groups is 2. The van der Waals surface area contributed by atoms with Gasteiger partial charge >= 0.3 is 5.97 Å². The van der Waals surface area contributed by atoms with Gasteiger partial charge in [0.2, 0.25) is 0 Å². The Bertz CT molecular complexity index is 631. The molecule has 0 atom stereocenters. The smallest absolute Gasteiger partial charge is 0.348 e. The van der Waals surface area contributed by atoms with Gasteiger partial charge < -0.3 is 9.30 Å². The summed E-state index contributed by atoms with van der Waals surface area (Å²) in [6.45, 7) is 2.66. The molecule has 2 rings (SSSR count). The number of imidazole rings is 1. The number of thiophene rings is 1. The van der Waals surface area contributed by atoms with Crippen LogP contribution in [0.15, 0.2) is 17.6 Å². The first-order chi connectivity index (χ1) is 10.2. The molecule has 0 N–H and O–H groups in total. The van der Waals surface area contributed by atoms with E-state index >= 15 is 0 Å². The second-order valence-corrected chi connectivity index (χ2v) is 5.63. The van der Waals surface area contributed by atoms with Crippen molar-refractivity contribution in [1.29, 1.82) is 0 Å². The van der Waals surface area contributed by atoms with Crippen LogP contribution in [0.2, 0.25) is 0 Å². The van der Waals surface area contributed by atoms with E-state index in [1.807, 2.05) is 9.95 Å². The van der Waals surface area contributed by atoms with Gasteiger partial charge in [-0.15, -0.1) is 11.3 Å². The van der Waals surface area contributed by atoms with Crippen LogP contribution in [0.1, 0.15) is 51.3 Å². The van der Waals surface area contributed by atoms with Crippen molar-refractivity contribution in [3.8, 4) is 0 Å². The highest BCUT2D eigenvalue weighted by Crippen LogP contribution is 2.18. The largest absolute Gasteiger partial charge is 0.465 e. The fraction of sp³-hybridized carbons (Fsp3) is 0.400. The lowest BCUT2D eigenvalue weighted by Gasteiger charge is -2.08. The number of aldehydes is 1. The minimum absolute atomic E-state index is 0.335. The monoisotopic (exact) mass is 306 g/mol. The van der Waals surface area contributed by atoms with Crippen LogP contribution < -0.4 is 0 Å². The Kier molecular flexibility index (Phi) is 5.27. The molecule has 5 nitrogen and oxygen atoms in total. The zero-order valence-electron chi connectivity index (χ0n) is 12.2. The zero-order valence-corrected chi connectivity index (χ0v) is 13.0.